The van der Waals surface area contributed by atoms with E-state index < -0.39 is 5.97 Å². The average Bonchev–Trinajstić information content (AvgIpc) is 2.33. The maximum absolute atomic E-state index is 11.5. The first-order valence-electron chi connectivity index (χ1n) is 6.36. The fourth-order valence-corrected chi connectivity index (χ4v) is 1.63. The van der Waals surface area contributed by atoms with Gasteiger partial charge in [0.15, 0.2) is 0 Å². The molecule has 1 atom stereocenters. The van der Waals surface area contributed by atoms with Crippen LogP contribution >= 0.6 is 0 Å². The number of rotatable bonds is 11. The topological polar surface area (TPSA) is 102 Å². The summed E-state index contributed by atoms with van der Waals surface area (Å²) >= 11 is 0. The van der Waals surface area contributed by atoms with Crippen LogP contribution in [0.4, 0.5) is 0 Å². The third kappa shape index (κ3) is 10.0. The molecule has 0 aliphatic rings. The molecule has 0 rings (SSSR count). The largest absolute Gasteiger partial charge is 0.480 e. The Kier molecular flexibility index (Phi) is 10.3. The minimum atomic E-state index is -1.01. The molecule has 0 saturated heterocycles. The molecule has 0 aliphatic heterocycles. The molecule has 0 bridgehead atoms. The fraction of sp³-hybridized carbons (Fsp3) is 0.833. The predicted octanol–water partition coefficient (Wildman–Crippen LogP) is 0.359. The van der Waals surface area contributed by atoms with Crippen LogP contribution in [0.1, 0.15) is 32.6 Å². The first-order chi connectivity index (χ1) is 8.60. The molecule has 0 saturated carbocycles. The summed E-state index contributed by atoms with van der Waals surface area (Å²) in [5.74, 6) is -0.526. The van der Waals surface area contributed by atoms with Crippen molar-refractivity contribution in [3.63, 3.8) is 0 Å². The summed E-state index contributed by atoms with van der Waals surface area (Å²) in [6.45, 7) is 2.99. The summed E-state index contributed by atoms with van der Waals surface area (Å²) in [6.07, 6.45) is 3.31. The molecule has 0 radical (unpaired) electrons. The van der Waals surface area contributed by atoms with E-state index >= 15 is 0 Å². The van der Waals surface area contributed by atoms with Crippen LogP contribution in [0.2, 0.25) is 0 Å². The quantitative estimate of drug-likeness (QED) is 0.465. The Morgan fingerprint density at radius 1 is 1.39 bits per heavy atom. The van der Waals surface area contributed by atoms with E-state index in [0.29, 0.717) is 25.4 Å². The Bertz CT molecular complexity index is 246. The smallest absolute Gasteiger partial charge is 0.329 e. The first-order valence-corrected chi connectivity index (χ1v) is 6.36. The van der Waals surface area contributed by atoms with Crippen molar-refractivity contribution >= 4 is 11.9 Å². The summed E-state index contributed by atoms with van der Waals surface area (Å²) < 4.78 is 4.80. The highest BCUT2D eigenvalue weighted by molar-refractivity contribution is 5.75. The lowest BCUT2D eigenvalue weighted by molar-refractivity contribution is -0.142. The van der Waals surface area contributed by atoms with Crippen LogP contribution in [-0.4, -0.2) is 43.3 Å². The van der Waals surface area contributed by atoms with Gasteiger partial charge in [0.25, 0.3) is 0 Å². The van der Waals surface area contributed by atoms with E-state index in [-0.39, 0.29) is 19.1 Å². The molecular weight excluding hydrogens is 236 g/mol. The zero-order valence-corrected chi connectivity index (χ0v) is 11.0. The van der Waals surface area contributed by atoms with Gasteiger partial charge in [-0.3, -0.25) is 4.79 Å². The number of nitrogens with one attached hydrogen (secondary N) is 1. The summed E-state index contributed by atoms with van der Waals surface area (Å²) in [7, 11) is 0. The van der Waals surface area contributed by atoms with E-state index in [9.17, 15) is 9.59 Å². The molecule has 4 N–H and O–H groups in total. The minimum Gasteiger partial charge on any atom is -0.480 e. The minimum absolute atomic E-state index is 0.0237. The van der Waals surface area contributed by atoms with Crippen molar-refractivity contribution in [1.29, 1.82) is 0 Å². The fourth-order valence-electron chi connectivity index (χ4n) is 1.63. The van der Waals surface area contributed by atoms with Gasteiger partial charge in [-0.1, -0.05) is 13.3 Å². The third-order valence-corrected chi connectivity index (χ3v) is 2.73. The number of carboxylic acid groups (broad SMARTS) is 1. The molecule has 106 valence electrons. The Labute approximate surface area is 108 Å². The van der Waals surface area contributed by atoms with Crippen LogP contribution in [-0.2, 0) is 14.3 Å². The van der Waals surface area contributed by atoms with Crippen molar-refractivity contribution in [1.82, 2.24) is 5.32 Å². The average molecular weight is 260 g/mol. The Hall–Kier alpha value is -1.14. The molecule has 0 spiro atoms. The summed E-state index contributed by atoms with van der Waals surface area (Å²) in [5, 5.41) is 11.0. The molecule has 6 heteroatoms. The number of nitrogens with two attached hydrogens (primary N) is 1. The van der Waals surface area contributed by atoms with Gasteiger partial charge in [0.05, 0.1) is 6.61 Å². The van der Waals surface area contributed by atoms with Crippen LogP contribution in [0.25, 0.3) is 0 Å². The number of hydrogen-bond donors (Lipinski definition) is 3. The van der Waals surface area contributed by atoms with Gasteiger partial charge < -0.3 is 20.9 Å². The molecule has 6 nitrogen and oxygen atoms in total. The second-order valence-corrected chi connectivity index (χ2v) is 4.19. The Morgan fingerprint density at radius 3 is 2.67 bits per heavy atom. The highest BCUT2D eigenvalue weighted by Crippen LogP contribution is 2.13. The standard InChI is InChI=1S/C12H24N2O4/c1-2-10(5-6-13)3-4-11(15)14-7-8-18-9-12(16)17/h10H,2-9,13H2,1H3,(H,14,15)(H,16,17). The molecular formula is C12H24N2O4. The van der Waals surface area contributed by atoms with Gasteiger partial charge in [0, 0.05) is 13.0 Å². The first kappa shape index (κ1) is 16.9. The summed E-state index contributed by atoms with van der Waals surface area (Å²) in [4.78, 5) is 21.6. The van der Waals surface area contributed by atoms with Gasteiger partial charge in [-0.25, -0.2) is 4.79 Å². The molecule has 0 aromatic heterocycles. The highest BCUT2D eigenvalue weighted by atomic mass is 16.5. The number of aliphatic carboxylic acids is 1. The van der Waals surface area contributed by atoms with Crippen molar-refractivity contribution in [2.75, 3.05) is 26.3 Å². The number of ether oxygens (including phenoxy) is 1. The van der Waals surface area contributed by atoms with Crippen molar-refractivity contribution in [3.8, 4) is 0 Å². The zero-order valence-electron chi connectivity index (χ0n) is 11.0. The van der Waals surface area contributed by atoms with Gasteiger partial charge in [0.1, 0.15) is 6.61 Å². The van der Waals surface area contributed by atoms with E-state index in [2.05, 4.69) is 12.2 Å². The molecule has 0 aliphatic carbocycles. The normalized spacial score (nSPS) is 12.1. The van der Waals surface area contributed by atoms with Crippen molar-refractivity contribution in [2.45, 2.75) is 32.6 Å². The van der Waals surface area contributed by atoms with E-state index in [1.165, 1.54) is 0 Å². The molecule has 0 heterocycles. The third-order valence-electron chi connectivity index (χ3n) is 2.73. The van der Waals surface area contributed by atoms with Gasteiger partial charge in [-0.05, 0) is 25.3 Å². The van der Waals surface area contributed by atoms with Gasteiger partial charge in [-0.2, -0.15) is 0 Å². The number of hydrogen-bond acceptors (Lipinski definition) is 4. The van der Waals surface area contributed by atoms with Gasteiger partial charge in [0.2, 0.25) is 5.91 Å². The number of carboxylic acids is 1. The molecule has 0 aromatic rings. The van der Waals surface area contributed by atoms with E-state index in [4.69, 9.17) is 15.6 Å². The van der Waals surface area contributed by atoms with Gasteiger partial charge >= 0.3 is 5.97 Å². The summed E-state index contributed by atoms with van der Waals surface area (Å²) in [6, 6.07) is 0. The Balaban J connectivity index is 3.50. The van der Waals surface area contributed by atoms with Crippen LogP contribution < -0.4 is 11.1 Å². The molecule has 18 heavy (non-hydrogen) atoms. The predicted molar refractivity (Wildman–Crippen MR) is 68.2 cm³/mol. The van der Waals surface area contributed by atoms with E-state index in [1.807, 2.05) is 0 Å². The maximum Gasteiger partial charge on any atom is 0.329 e. The zero-order chi connectivity index (χ0) is 13.8. The molecule has 0 aromatic carbocycles. The maximum atomic E-state index is 11.5. The lowest BCUT2D eigenvalue weighted by atomic mass is 9.96. The SMILES string of the molecule is CCC(CCN)CCC(=O)NCCOCC(=O)O. The summed E-state index contributed by atoms with van der Waals surface area (Å²) in [5.41, 5.74) is 5.48. The second kappa shape index (κ2) is 11.0. The van der Waals surface area contributed by atoms with Crippen molar-refractivity contribution in [2.24, 2.45) is 11.7 Å². The lowest BCUT2D eigenvalue weighted by Gasteiger charge is -2.13. The Morgan fingerprint density at radius 2 is 2.11 bits per heavy atom. The van der Waals surface area contributed by atoms with Crippen molar-refractivity contribution < 1.29 is 19.4 Å². The molecule has 0 fully saturated rings. The van der Waals surface area contributed by atoms with E-state index in [0.717, 1.165) is 19.3 Å². The number of carbonyl (C=O) groups excluding carboxylic acids is 1. The van der Waals surface area contributed by atoms with Crippen LogP contribution in [0.15, 0.2) is 0 Å². The van der Waals surface area contributed by atoms with Crippen molar-refractivity contribution in [3.05, 3.63) is 0 Å². The lowest BCUT2D eigenvalue weighted by Crippen LogP contribution is -2.28. The molecule has 1 unspecified atom stereocenters. The highest BCUT2D eigenvalue weighted by Gasteiger charge is 2.08. The number of amides is 1. The van der Waals surface area contributed by atoms with Crippen LogP contribution in [0.3, 0.4) is 0 Å². The van der Waals surface area contributed by atoms with Gasteiger partial charge in [-0.15, -0.1) is 0 Å². The molecule has 1 amide bonds. The number of carbonyl (C=O) groups is 2. The van der Waals surface area contributed by atoms with E-state index in [1.54, 1.807) is 0 Å². The van der Waals surface area contributed by atoms with Crippen LogP contribution in [0.5, 0.6) is 0 Å². The monoisotopic (exact) mass is 260 g/mol. The second-order valence-electron chi connectivity index (χ2n) is 4.19. The van der Waals surface area contributed by atoms with Crippen LogP contribution in [0, 0.1) is 5.92 Å².